The number of rotatable bonds is 6. The molecule has 2 aliphatic rings. The van der Waals surface area contributed by atoms with Gasteiger partial charge in [-0.05, 0) is 25.0 Å². The fourth-order valence-corrected chi connectivity index (χ4v) is 2.65. The zero-order valence-corrected chi connectivity index (χ0v) is 13.3. The lowest BCUT2D eigenvalue weighted by Crippen LogP contribution is -2.28. The lowest BCUT2D eigenvalue weighted by molar-refractivity contribution is -0.125. The SMILES string of the molecule is CCCCNC(=O)C1CC1C(=O)Nc1ccc2c(c1)OCCO2. The first-order valence-corrected chi connectivity index (χ1v) is 8.17. The van der Waals surface area contributed by atoms with Crippen LogP contribution in [-0.4, -0.2) is 31.6 Å². The average molecular weight is 318 g/mol. The fourth-order valence-electron chi connectivity index (χ4n) is 2.65. The smallest absolute Gasteiger partial charge is 0.228 e. The molecule has 1 aromatic carbocycles. The van der Waals surface area contributed by atoms with Crippen molar-refractivity contribution in [3.05, 3.63) is 18.2 Å². The molecular weight excluding hydrogens is 296 g/mol. The van der Waals surface area contributed by atoms with Crippen molar-refractivity contribution < 1.29 is 19.1 Å². The van der Waals surface area contributed by atoms with Crippen molar-refractivity contribution in [2.45, 2.75) is 26.2 Å². The number of ether oxygens (including phenoxy) is 2. The number of carbonyl (C=O) groups is 2. The monoisotopic (exact) mass is 318 g/mol. The third-order valence-corrected chi connectivity index (χ3v) is 4.10. The van der Waals surface area contributed by atoms with Gasteiger partial charge in [0.1, 0.15) is 13.2 Å². The fraction of sp³-hybridized carbons (Fsp3) is 0.529. The Labute approximate surface area is 135 Å². The number of hydrogen-bond acceptors (Lipinski definition) is 4. The lowest BCUT2D eigenvalue weighted by atomic mass is 10.2. The Bertz CT molecular complexity index is 602. The van der Waals surface area contributed by atoms with Crippen molar-refractivity contribution in [2.24, 2.45) is 11.8 Å². The molecule has 0 saturated heterocycles. The summed E-state index contributed by atoms with van der Waals surface area (Å²) in [5, 5.41) is 5.73. The van der Waals surface area contributed by atoms with E-state index in [1.165, 1.54) is 0 Å². The van der Waals surface area contributed by atoms with E-state index in [9.17, 15) is 9.59 Å². The first-order valence-electron chi connectivity index (χ1n) is 8.17. The molecule has 124 valence electrons. The zero-order valence-electron chi connectivity index (χ0n) is 13.3. The predicted molar refractivity (Wildman–Crippen MR) is 85.6 cm³/mol. The van der Waals surface area contributed by atoms with E-state index in [-0.39, 0.29) is 23.7 Å². The van der Waals surface area contributed by atoms with Crippen LogP contribution in [0.3, 0.4) is 0 Å². The summed E-state index contributed by atoms with van der Waals surface area (Å²) >= 11 is 0. The van der Waals surface area contributed by atoms with Gasteiger partial charge < -0.3 is 20.1 Å². The minimum Gasteiger partial charge on any atom is -0.486 e. The molecule has 6 heteroatoms. The highest BCUT2D eigenvalue weighted by Gasteiger charge is 2.47. The van der Waals surface area contributed by atoms with Gasteiger partial charge in [-0.15, -0.1) is 0 Å². The van der Waals surface area contributed by atoms with Crippen LogP contribution in [-0.2, 0) is 9.59 Å². The van der Waals surface area contributed by atoms with Crippen LogP contribution in [0.25, 0.3) is 0 Å². The molecule has 2 amide bonds. The summed E-state index contributed by atoms with van der Waals surface area (Å²) < 4.78 is 10.9. The van der Waals surface area contributed by atoms with Gasteiger partial charge in [0.05, 0.1) is 11.8 Å². The quantitative estimate of drug-likeness (QED) is 0.786. The van der Waals surface area contributed by atoms with Crippen LogP contribution in [0, 0.1) is 11.8 Å². The van der Waals surface area contributed by atoms with Crippen molar-refractivity contribution in [2.75, 3.05) is 25.1 Å². The molecule has 1 heterocycles. The summed E-state index contributed by atoms with van der Waals surface area (Å²) in [5.74, 6) is 0.777. The maximum atomic E-state index is 12.2. The molecule has 1 fully saturated rings. The molecular formula is C17H22N2O4. The van der Waals surface area contributed by atoms with E-state index >= 15 is 0 Å². The molecule has 0 bridgehead atoms. The van der Waals surface area contributed by atoms with E-state index in [1.807, 2.05) is 0 Å². The highest BCUT2D eigenvalue weighted by atomic mass is 16.6. The summed E-state index contributed by atoms with van der Waals surface area (Å²) in [6.07, 6.45) is 2.62. The van der Waals surface area contributed by atoms with E-state index in [2.05, 4.69) is 17.6 Å². The van der Waals surface area contributed by atoms with Crippen molar-refractivity contribution in [1.82, 2.24) is 5.32 Å². The van der Waals surface area contributed by atoms with Crippen LogP contribution in [0.4, 0.5) is 5.69 Å². The minimum atomic E-state index is -0.232. The largest absolute Gasteiger partial charge is 0.486 e. The van der Waals surface area contributed by atoms with Gasteiger partial charge in [-0.1, -0.05) is 13.3 Å². The number of fused-ring (bicyclic) bond motifs is 1. The van der Waals surface area contributed by atoms with Gasteiger partial charge in [-0.2, -0.15) is 0 Å². The minimum absolute atomic E-state index is 0.0132. The van der Waals surface area contributed by atoms with E-state index in [0.29, 0.717) is 43.4 Å². The van der Waals surface area contributed by atoms with Crippen molar-refractivity contribution >= 4 is 17.5 Å². The summed E-state index contributed by atoms with van der Waals surface area (Å²) in [6.45, 7) is 3.80. The summed E-state index contributed by atoms with van der Waals surface area (Å²) in [4.78, 5) is 24.1. The van der Waals surface area contributed by atoms with Gasteiger partial charge in [0, 0.05) is 18.3 Å². The number of anilines is 1. The summed E-state index contributed by atoms with van der Waals surface area (Å²) in [7, 11) is 0. The zero-order chi connectivity index (χ0) is 16.2. The van der Waals surface area contributed by atoms with Crippen LogP contribution in [0.5, 0.6) is 11.5 Å². The van der Waals surface area contributed by atoms with Crippen LogP contribution in [0.15, 0.2) is 18.2 Å². The number of unbranched alkanes of at least 4 members (excludes halogenated alkanes) is 1. The van der Waals surface area contributed by atoms with Crippen LogP contribution < -0.4 is 20.1 Å². The highest BCUT2D eigenvalue weighted by Crippen LogP contribution is 2.40. The third-order valence-electron chi connectivity index (χ3n) is 4.10. The number of carbonyl (C=O) groups excluding carboxylic acids is 2. The van der Waals surface area contributed by atoms with Crippen molar-refractivity contribution in [1.29, 1.82) is 0 Å². The Kier molecular flexibility index (Phi) is 4.69. The van der Waals surface area contributed by atoms with E-state index in [1.54, 1.807) is 18.2 Å². The van der Waals surface area contributed by atoms with Gasteiger partial charge in [0.25, 0.3) is 0 Å². The second-order valence-electron chi connectivity index (χ2n) is 5.94. The Balaban J connectivity index is 1.51. The van der Waals surface area contributed by atoms with Crippen molar-refractivity contribution in [3.8, 4) is 11.5 Å². The molecule has 0 spiro atoms. The molecule has 1 aromatic rings. The number of amides is 2. The molecule has 3 rings (SSSR count). The Morgan fingerprint density at radius 1 is 1.13 bits per heavy atom. The Morgan fingerprint density at radius 3 is 2.65 bits per heavy atom. The topological polar surface area (TPSA) is 76.7 Å². The summed E-state index contributed by atoms with van der Waals surface area (Å²) in [6, 6.07) is 5.32. The van der Waals surface area contributed by atoms with Crippen LogP contribution in [0.2, 0.25) is 0 Å². The second-order valence-corrected chi connectivity index (χ2v) is 5.94. The average Bonchev–Trinajstić information content (AvgIpc) is 3.36. The second kappa shape index (κ2) is 6.89. The van der Waals surface area contributed by atoms with Crippen LogP contribution >= 0.6 is 0 Å². The first-order chi connectivity index (χ1) is 11.2. The molecule has 2 atom stereocenters. The van der Waals surface area contributed by atoms with Gasteiger partial charge in [0.15, 0.2) is 11.5 Å². The molecule has 1 saturated carbocycles. The van der Waals surface area contributed by atoms with Gasteiger partial charge in [-0.25, -0.2) is 0 Å². The van der Waals surface area contributed by atoms with E-state index in [4.69, 9.17) is 9.47 Å². The molecule has 1 aliphatic carbocycles. The molecule has 2 N–H and O–H groups in total. The number of benzene rings is 1. The Hall–Kier alpha value is -2.24. The number of nitrogens with one attached hydrogen (secondary N) is 2. The van der Waals surface area contributed by atoms with E-state index in [0.717, 1.165) is 12.8 Å². The highest BCUT2D eigenvalue weighted by molar-refractivity contribution is 5.99. The Morgan fingerprint density at radius 2 is 1.87 bits per heavy atom. The molecule has 1 aliphatic heterocycles. The van der Waals surface area contributed by atoms with Crippen LogP contribution in [0.1, 0.15) is 26.2 Å². The van der Waals surface area contributed by atoms with Gasteiger partial charge in [0.2, 0.25) is 11.8 Å². The van der Waals surface area contributed by atoms with E-state index < -0.39 is 0 Å². The lowest BCUT2D eigenvalue weighted by Gasteiger charge is -2.19. The molecule has 2 unspecified atom stereocenters. The maximum absolute atomic E-state index is 12.2. The first kappa shape index (κ1) is 15.6. The van der Waals surface area contributed by atoms with Crippen molar-refractivity contribution in [3.63, 3.8) is 0 Å². The third kappa shape index (κ3) is 3.75. The normalized spacial score (nSPS) is 21.4. The maximum Gasteiger partial charge on any atom is 0.228 e. The number of hydrogen-bond donors (Lipinski definition) is 2. The molecule has 0 radical (unpaired) electrons. The standard InChI is InChI=1S/C17H22N2O4/c1-2-3-6-18-16(20)12-10-13(12)17(21)19-11-4-5-14-15(9-11)23-8-7-22-14/h4-5,9,12-13H,2-3,6-8,10H2,1H3,(H,18,20)(H,19,21). The van der Waals surface area contributed by atoms with Gasteiger partial charge in [-0.3, -0.25) is 9.59 Å². The molecule has 0 aromatic heterocycles. The van der Waals surface area contributed by atoms with Gasteiger partial charge >= 0.3 is 0 Å². The summed E-state index contributed by atoms with van der Waals surface area (Å²) in [5.41, 5.74) is 0.663. The molecule has 23 heavy (non-hydrogen) atoms. The molecule has 6 nitrogen and oxygen atoms in total. The predicted octanol–water partition coefficient (Wildman–Crippen LogP) is 1.95.